The molecule has 1 aliphatic rings. The van der Waals surface area contributed by atoms with E-state index in [0.29, 0.717) is 10.5 Å². The van der Waals surface area contributed by atoms with Gasteiger partial charge in [0.15, 0.2) is 0 Å². The molecule has 1 saturated heterocycles. The van der Waals surface area contributed by atoms with Crippen molar-refractivity contribution >= 4 is 46.8 Å². The molecule has 140 valence electrons. The highest BCUT2D eigenvalue weighted by atomic mass is 127. The van der Waals surface area contributed by atoms with Gasteiger partial charge >= 0.3 is 6.09 Å². The number of nitrogens with zero attached hydrogens (tertiary/aromatic N) is 1. The highest BCUT2D eigenvalue weighted by Gasteiger charge is 2.40. The summed E-state index contributed by atoms with van der Waals surface area (Å²) < 4.78 is 6.05. The zero-order valence-electron chi connectivity index (χ0n) is 14.9. The van der Waals surface area contributed by atoms with Crippen molar-refractivity contribution in [2.75, 3.05) is 0 Å². The first-order chi connectivity index (χ1) is 12.1. The molecule has 0 radical (unpaired) electrons. The van der Waals surface area contributed by atoms with Crippen LogP contribution in [0.3, 0.4) is 0 Å². The molecule has 2 rings (SSSR count). The van der Waals surface area contributed by atoms with Crippen LogP contribution < -0.4 is 5.32 Å². The number of hydrogen-bond donors (Lipinski definition) is 1. The smallest absolute Gasteiger partial charge is 0.424 e. The molecular weight excluding hydrogens is 451 g/mol. The van der Waals surface area contributed by atoms with Crippen LogP contribution in [0.2, 0.25) is 0 Å². The Morgan fingerprint density at radius 3 is 2.69 bits per heavy atom. The summed E-state index contributed by atoms with van der Waals surface area (Å²) >= 11 is 2.12. The van der Waals surface area contributed by atoms with Crippen molar-refractivity contribution in [3.8, 4) is 0 Å². The van der Waals surface area contributed by atoms with Crippen LogP contribution in [-0.4, -0.2) is 40.7 Å². The van der Waals surface area contributed by atoms with Crippen molar-refractivity contribution in [2.24, 2.45) is 0 Å². The Balaban J connectivity index is 2.12. The summed E-state index contributed by atoms with van der Waals surface area (Å²) in [5.74, 6) is -1.20. The lowest BCUT2D eigenvalue weighted by Gasteiger charge is -2.31. The van der Waals surface area contributed by atoms with Crippen LogP contribution in [-0.2, 0) is 20.9 Å². The number of ether oxygens (including phenoxy) is 1. The van der Waals surface area contributed by atoms with E-state index in [0.717, 1.165) is 15.4 Å². The molecule has 1 N–H and O–H groups in total. The first-order valence-corrected chi connectivity index (χ1v) is 9.27. The summed E-state index contributed by atoms with van der Waals surface area (Å²) in [5.41, 5.74) is 0.501. The minimum absolute atomic E-state index is 0.0646. The Hall–Kier alpha value is -1.81. The molecule has 1 aliphatic heterocycles. The number of halogens is 1. The van der Waals surface area contributed by atoms with Gasteiger partial charge < -0.3 is 10.1 Å². The van der Waals surface area contributed by atoms with Gasteiger partial charge in [0, 0.05) is 22.1 Å². The highest BCUT2D eigenvalue weighted by Crippen LogP contribution is 2.20. The largest absolute Gasteiger partial charge is 0.443 e. The van der Waals surface area contributed by atoms with Crippen LogP contribution in [0.5, 0.6) is 0 Å². The molecule has 1 atom stereocenters. The lowest BCUT2D eigenvalue weighted by molar-refractivity contribution is -0.148. The van der Waals surface area contributed by atoms with Gasteiger partial charge in [-0.2, -0.15) is 4.90 Å². The van der Waals surface area contributed by atoms with E-state index in [1.54, 1.807) is 32.9 Å². The van der Waals surface area contributed by atoms with Gasteiger partial charge in [-0.25, -0.2) is 4.79 Å². The normalized spacial score (nSPS) is 18.0. The van der Waals surface area contributed by atoms with Crippen LogP contribution in [0.25, 0.3) is 0 Å². The number of hydrogen-bond acceptors (Lipinski definition) is 6. The zero-order chi connectivity index (χ0) is 19.5. The number of aldehydes is 1. The van der Waals surface area contributed by atoms with E-state index in [1.165, 1.54) is 0 Å². The minimum atomic E-state index is -0.957. The number of likely N-dealkylation sites (tertiary alicyclic amines) is 1. The van der Waals surface area contributed by atoms with Crippen molar-refractivity contribution in [2.45, 2.75) is 51.8 Å². The zero-order valence-corrected chi connectivity index (χ0v) is 17.0. The van der Waals surface area contributed by atoms with Crippen molar-refractivity contribution < 1.29 is 23.9 Å². The quantitative estimate of drug-likeness (QED) is 0.412. The highest BCUT2D eigenvalue weighted by molar-refractivity contribution is 14.1. The van der Waals surface area contributed by atoms with E-state index in [4.69, 9.17) is 4.74 Å². The lowest BCUT2D eigenvalue weighted by atomic mass is 10.0. The van der Waals surface area contributed by atoms with E-state index in [2.05, 4.69) is 27.9 Å². The SMILES string of the molecule is CC(C)(C)OC(=O)N1C(=O)CCC(NCc2c(I)cccc2C=O)C1=O. The molecule has 3 amide bonds. The van der Waals surface area contributed by atoms with Crippen molar-refractivity contribution in [3.63, 3.8) is 0 Å². The molecule has 1 heterocycles. The predicted molar refractivity (Wildman–Crippen MR) is 102 cm³/mol. The van der Waals surface area contributed by atoms with Gasteiger partial charge in [0.2, 0.25) is 5.91 Å². The number of carbonyl (C=O) groups is 4. The fourth-order valence-electron chi connectivity index (χ4n) is 2.57. The van der Waals surface area contributed by atoms with Gasteiger partial charge in [0.1, 0.15) is 11.9 Å². The van der Waals surface area contributed by atoms with E-state index < -0.39 is 29.6 Å². The first kappa shape index (κ1) is 20.5. The molecule has 0 spiro atoms. The lowest BCUT2D eigenvalue weighted by Crippen LogP contribution is -2.56. The van der Waals surface area contributed by atoms with Gasteiger partial charge in [-0.15, -0.1) is 0 Å². The van der Waals surface area contributed by atoms with Crippen LogP contribution in [0.4, 0.5) is 4.79 Å². The van der Waals surface area contributed by atoms with E-state index in [9.17, 15) is 19.2 Å². The molecular formula is C18H21IN2O5. The standard InChI is InChI=1S/C18H21IN2O5/c1-18(2,3)26-17(25)21-15(23)8-7-14(16(21)24)20-9-12-11(10-22)5-4-6-13(12)19/h4-6,10,14,20H,7-9H2,1-3H3. The third-order valence-corrected chi connectivity index (χ3v) is 4.81. The number of nitrogens with one attached hydrogen (secondary N) is 1. The first-order valence-electron chi connectivity index (χ1n) is 8.20. The third-order valence-electron chi connectivity index (χ3n) is 3.80. The fraction of sp³-hybridized carbons (Fsp3) is 0.444. The van der Waals surface area contributed by atoms with Crippen LogP contribution in [0.1, 0.15) is 49.5 Å². The molecule has 1 aromatic carbocycles. The second-order valence-corrected chi connectivity index (χ2v) is 8.11. The maximum absolute atomic E-state index is 12.6. The van der Waals surface area contributed by atoms with Gasteiger partial charge in [0.05, 0.1) is 6.04 Å². The number of benzene rings is 1. The number of imide groups is 3. The summed E-state index contributed by atoms with van der Waals surface area (Å²) in [6, 6.07) is 4.65. The molecule has 0 aromatic heterocycles. The average molecular weight is 472 g/mol. The van der Waals surface area contributed by atoms with Crippen LogP contribution in [0.15, 0.2) is 18.2 Å². The fourth-order valence-corrected chi connectivity index (χ4v) is 3.28. The molecule has 0 aliphatic carbocycles. The van der Waals surface area contributed by atoms with Crippen molar-refractivity contribution in [1.82, 2.24) is 10.2 Å². The van der Waals surface area contributed by atoms with Gasteiger partial charge in [-0.3, -0.25) is 14.4 Å². The molecule has 26 heavy (non-hydrogen) atoms. The maximum Gasteiger partial charge on any atom is 0.424 e. The molecule has 7 nitrogen and oxygen atoms in total. The summed E-state index contributed by atoms with van der Waals surface area (Å²) in [7, 11) is 0. The van der Waals surface area contributed by atoms with Crippen molar-refractivity contribution in [1.29, 1.82) is 0 Å². The average Bonchev–Trinajstić information content (AvgIpc) is 2.53. The number of rotatable bonds is 4. The number of amides is 3. The monoisotopic (exact) mass is 472 g/mol. The summed E-state index contributed by atoms with van der Waals surface area (Å²) in [6.45, 7) is 5.27. The maximum atomic E-state index is 12.6. The van der Waals surface area contributed by atoms with Gasteiger partial charge in [-0.1, -0.05) is 12.1 Å². The van der Waals surface area contributed by atoms with Gasteiger partial charge in [-0.05, 0) is 61.4 Å². The molecule has 1 unspecified atom stereocenters. The Kier molecular flexibility index (Phi) is 6.51. The van der Waals surface area contributed by atoms with E-state index >= 15 is 0 Å². The van der Waals surface area contributed by atoms with E-state index in [1.807, 2.05) is 6.07 Å². The topological polar surface area (TPSA) is 92.8 Å². The number of piperidine rings is 1. The Morgan fingerprint density at radius 1 is 1.38 bits per heavy atom. The second kappa shape index (κ2) is 8.26. The molecule has 0 bridgehead atoms. The van der Waals surface area contributed by atoms with Crippen molar-refractivity contribution in [3.05, 3.63) is 32.9 Å². The van der Waals surface area contributed by atoms with E-state index in [-0.39, 0.29) is 19.4 Å². The number of carbonyl (C=O) groups excluding carboxylic acids is 4. The molecule has 1 aromatic rings. The second-order valence-electron chi connectivity index (χ2n) is 6.95. The predicted octanol–water partition coefficient (Wildman–Crippen LogP) is 2.65. The molecule has 8 heteroatoms. The van der Waals surface area contributed by atoms with Crippen LogP contribution >= 0.6 is 22.6 Å². The summed E-state index contributed by atoms with van der Waals surface area (Å²) in [4.78, 5) is 48.6. The summed E-state index contributed by atoms with van der Waals surface area (Å²) in [5, 5.41) is 3.06. The minimum Gasteiger partial charge on any atom is -0.443 e. The Morgan fingerprint density at radius 2 is 2.08 bits per heavy atom. The third kappa shape index (κ3) is 4.88. The summed E-state index contributed by atoms with van der Waals surface area (Å²) in [6.07, 6.45) is 0.159. The van der Waals surface area contributed by atoms with Gasteiger partial charge in [0.25, 0.3) is 5.91 Å². The molecule has 1 fully saturated rings. The Labute approximate surface area is 165 Å². The Bertz CT molecular complexity index is 742. The van der Waals surface area contributed by atoms with Crippen LogP contribution in [0, 0.1) is 3.57 Å². The molecule has 0 saturated carbocycles.